The molecule has 142 valence electrons. The van der Waals surface area contributed by atoms with Crippen LogP contribution in [0.4, 0.5) is 0 Å². The van der Waals surface area contributed by atoms with Crippen molar-refractivity contribution in [1.29, 1.82) is 0 Å². The van der Waals surface area contributed by atoms with Crippen molar-refractivity contribution < 1.29 is 0 Å². The predicted octanol–water partition coefficient (Wildman–Crippen LogP) is 7.95. The van der Waals surface area contributed by atoms with E-state index in [0.717, 1.165) is 35.5 Å². The summed E-state index contributed by atoms with van der Waals surface area (Å²) in [5.41, 5.74) is 0. The molecule has 3 aliphatic rings. The molecule has 0 aliphatic heterocycles. The van der Waals surface area contributed by atoms with Crippen LogP contribution in [0.2, 0.25) is 0 Å². The molecular weight excluding hydrogens is 300 g/mol. The van der Waals surface area contributed by atoms with Crippen molar-refractivity contribution in [3.8, 4) is 0 Å². The Morgan fingerprint density at radius 2 is 1.28 bits per heavy atom. The molecule has 0 amide bonds. The van der Waals surface area contributed by atoms with Gasteiger partial charge in [0.25, 0.3) is 0 Å². The molecule has 0 unspecified atom stereocenters. The van der Waals surface area contributed by atoms with Gasteiger partial charge in [0.15, 0.2) is 0 Å². The van der Waals surface area contributed by atoms with Gasteiger partial charge in [-0.25, -0.2) is 0 Å². The Balaban J connectivity index is 1.28. The van der Waals surface area contributed by atoms with E-state index < -0.39 is 0 Å². The second-order valence-electron chi connectivity index (χ2n) is 9.72. The summed E-state index contributed by atoms with van der Waals surface area (Å²) in [6.07, 6.45) is 27.7. The number of hydrogen-bond acceptors (Lipinski definition) is 0. The highest BCUT2D eigenvalue weighted by Gasteiger charge is 2.29. The molecule has 0 heteroatoms. The van der Waals surface area contributed by atoms with Crippen molar-refractivity contribution in [2.24, 2.45) is 35.5 Å². The standard InChI is InChI=1S/C25H42/c1-3-21-10-12-22(13-11-21)6-4-5-7-23-14-18-25(19-15-23)24-16-8-20(2)9-17-24/h3-4,6,20-25H,1,5,7-19H2,2H3/t20-,21-,22-,23-,24-,25-. The molecule has 3 rings (SSSR count). The lowest BCUT2D eigenvalue weighted by Crippen LogP contribution is -2.25. The molecule has 0 atom stereocenters. The fourth-order valence-electron chi connectivity index (χ4n) is 5.90. The molecular formula is C25H42. The monoisotopic (exact) mass is 342 g/mol. The first-order valence-electron chi connectivity index (χ1n) is 11.5. The first-order chi connectivity index (χ1) is 12.2. The van der Waals surface area contributed by atoms with Crippen LogP contribution >= 0.6 is 0 Å². The Hall–Kier alpha value is -0.520. The summed E-state index contributed by atoms with van der Waals surface area (Å²) in [7, 11) is 0. The molecule has 0 nitrogen and oxygen atoms in total. The average molecular weight is 343 g/mol. The third kappa shape index (κ3) is 6.00. The van der Waals surface area contributed by atoms with Crippen LogP contribution in [-0.4, -0.2) is 0 Å². The third-order valence-electron chi connectivity index (χ3n) is 7.92. The Morgan fingerprint density at radius 1 is 0.720 bits per heavy atom. The largest absolute Gasteiger partial charge is 0.103 e. The first kappa shape index (κ1) is 19.2. The highest BCUT2D eigenvalue weighted by atomic mass is 14.3. The second-order valence-corrected chi connectivity index (χ2v) is 9.72. The van der Waals surface area contributed by atoms with E-state index in [-0.39, 0.29) is 0 Å². The van der Waals surface area contributed by atoms with Gasteiger partial charge in [-0.2, -0.15) is 0 Å². The van der Waals surface area contributed by atoms with Gasteiger partial charge in [-0.1, -0.05) is 50.8 Å². The zero-order valence-corrected chi connectivity index (χ0v) is 16.8. The quantitative estimate of drug-likeness (QED) is 0.430. The van der Waals surface area contributed by atoms with Crippen molar-refractivity contribution in [2.75, 3.05) is 0 Å². The zero-order valence-electron chi connectivity index (χ0n) is 16.8. The first-order valence-corrected chi connectivity index (χ1v) is 11.5. The van der Waals surface area contributed by atoms with Gasteiger partial charge in [-0.3, -0.25) is 0 Å². The number of rotatable bonds is 6. The molecule has 0 N–H and O–H groups in total. The Morgan fingerprint density at radius 3 is 1.88 bits per heavy atom. The van der Waals surface area contributed by atoms with Crippen LogP contribution in [0, 0.1) is 35.5 Å². The van der Waals surface area contributed by atoms with Crippen molar-refractivity contribution >= 4 is 0 Å². The van der Waals surface area contributed by atoms with Crippen LogP contribution in [0.3, 0.4) is 0 Å². The van der Waals surface area contributed by atoms with E-state index in [9.17, 15) is 0 Å². The van der Waals surface area contributed by atoms with Crippen molar-refractivity contribution in [1.82, 2.24) is 0 Å². The lowest BCUT2D eigenvalue weighted by molar-refractivity contribution is 0.148. The summed E-state index contributed by atoms with van der Waals surface area (Å²) in [6, 6.07) is 0. The minimum Gasteiger partial charge on any atom is -0.103 e. The van der Waals surface area contributed by atoms with Crippen molar-refractivity contribution in [3.05, 3.63) is 24.8 Å². The van der Waals surface area contributed by atoms with Gasteiger partial charge in [0.05, 0.1) is 0 Å². The van der Waals surface area contributed by atoms with Gasteiger partial charge in [0, 0.05) is 0 Å². The van der Waals surface area contributed by atoms with E-state index in [1.165, 1.54) is 77.0 Å². The second kappa shape index (κ2) is 9.98. The van der Waals surface area contributed by atoms with Crippen LogP contribution < -0.4 is 0 Å². The van der Waals surface area contributed by atoms with E-state index in [1.54, 1.807) is 12.8 Å². The van der Waals surface area contributed by atoms with E-state index in [2.05, 4.69) is 31.7 Å². The minimum atomic E-state index is 0.798. The summed E-state index contributed by atoms with van der Waals surface area (Å²) in [4.78, 5) is 0. The Bertz CT molecular complexity index is 396. The maximum atomic E-state index is 3.96. The van der Waals surface area contributed by atoms with Gasteiger partial charge < -0.3 is 0 Å². The SMILES string of the molecule is C=C[C@H]1CC[C@H](C=CCC[C@H]2CC[C@H]([C@H]3CC[C@H](C)CC3)CC2)CC1. The third-order valence-corrected chi connectivity index (χ3v) is 7.92. The molecule has 3 fully saturated rings. The Labute approximate surface area is 157 Å². The van der Waals surface area contributed by atoms with Gasteiger partial charge in [0.2, 0.25) is 0 Å². The molecule has 0 aromatic rings. The minimum absolute atomic E-state index is 0.798. The fraction of sp³-hybridized carbons (Fsp3) is 0.840. The topological polar surface area (TPSA) is 0 Å². The van der Waals surface area contributed by atoms with E-state index in [1.807, 2.05) is 0 Å². The molecule has 25 heavy (non-hydrogen) atoms. The lowest BCUT2D eigenvalue weighted by Gasteiger charge is -2.37. The van der Waals surface area contributed by atoms with Gasteiger partial charge in [-0.05, 0) is 99.7 Å². The van der Waals surface area contributed by atoms with E-state index in [0.29, 0.717) is 0 Å². The van der Waals surface area contributed by atoms with Gasteiger partial charge in [0.1, 0.15) is 0 Å². The van der Waals surface area contributed by atoms with E-state index in [4.69, 9.17) is 0 Å². The van der Waals surface area contributed by atoms with Crippen molar-refractivity contribution in [2.45, 2.75) is 96.8 Å². The predicted molar refractivity (Wildman–Crippen MR) is 111 cm³/mol. The summed E-state index contributed by atoms with van der Waals surface area (Å²) < 4.78 is 0. The van der Waals surface area contributed by atoms with Crippen LogP contribution in [-0.2, 0) is 0 Å². The van der Waals surface area contributed by atoms with Gasteiger partial charge in [-0.15, -0.1) is 6.58 Å². The maximum absolute atomic E-state index is 3.96. The number of hydrogen-bond donors (Lipinski definition) is 0. The smallest absolute Gasteiger partial charge is 0.0233 e. The van der Waals surface area contributed by atoms with Crippen LogP contribution in [0.1, 0.15) is 96.8 Å². The normalized spacial score (nSPS) is 40.2. The number of allylic oxidation sites excluding steroid dienone is 3. The van der Waals surface area contributed by atoms with Crippen molar-refractivity contribution in [3.63, 3.8) is 0 Å². The summed E-state index contributed by atoms with van der Waals surface area (Å²) in [6.45, 7) is 6.41. The highest BCUT2D eigenvalue weighted by molar-refractivity contribution is 4.94. The molecule has 0 spiro atoms. The summed E-state index contributed by atoms with van der Waals surface area (Å²) in [5.74, 6) is 5.86. The molecule has 0 aromatic carbocycles. The molecule has 0 radical (unpaired) electrons. The Kier molecular flexibility index (Phi) is 7.68. The molecule has 0 bridgehead atoms. The fourth-order valence-corrected chi connectivity index (χ4v) is 5.90. The van der Waals surface area contributed by atoms with E-state index >= 15 is 0 Å². The lowest BCUT2D eigenvalue weighted by atomic mass is 9.69. The molecule has 0 saturated heterocycles. The molecule has 0 aromatic heterocycles. The van der Waals surface area contributed by atoms with Gasteiger partial charge >= 0.3 is 0 Å². The van der Waals surface area contributed by atoms with Crippen LogP contribution in [0.15, 0.2) is 24.8 Å². The molecule has 3 saturated carbocycles. The highest BCUT2D eigenvalue weighted by Crippen LogP contribution is 2.42. The van der Waals surface area contributed by atoms with Crippen LogP contribution in [0.5, 0.6) is 0 Å². The zero-order chi connectivity index (χ0) is 17.5. The molecule has 0 heterocycles. The summed E-state index contributed by atoms with van der Waals surface area (Å²) in [5, 5.41) is 0. The van der Waals surface area contributed by atoms with Crippen LogP contribution in [0.25, 0.3) is 0 Å². The average Bonchev–Trinajstić information content (AvgIpc) is 2.67. The summed E-state index contributed by atoms with van der Waals surface area (Å²) >= 11 is 0. The molecule has 3 aliphatic carbocycles. The maximum Gasteiger partial charge on any atom is -0.0233 e.